The lowest BCUT2D eigenvalue weighted by Crippen LogP contribution is -2.51. The standard InChI is InChI=1S/C26H27N3O3/c1-18-8-6-7-11-22(18)25(31)28(20-9-4-2-3-5-10-20)23-16-24(30)29(26(23)32)21-14-12-19(17-27)13-15-21/h6-8,11-15,20,23H,2-5,9-10,16H2,1H3. The van der Waals surface area contributed by atoms with Gasteiger partial charge in [-0.25, -0.2) is 4.90 Å². The Morgan fingerprint density at radius 3 is 2.28 bits per heavy atom. The smallest absolute Gasteiger partial charge is 0.257 e. The SMILES string of the molecule is Cc1ccccc1C(=O)N(C1CCCCCC1)C1CC(=O)N(c2ccc(C#N)cc2)C1=O. The Kier molecular flexibility index (Phi) is 6.36. The molecule has 1 saturated heterocycles. The number of aryl methyl sites for hydroxylation is 1. The molecule has 1 unspecified atom stereocenters. The second-order valence-corrected chi connectivity index (χ2v) is 8.62. The van der Waals surface area contributed by atoms with Crippen LogP contribution >= 0.6 is 0 Å². The van der Waals surface area contributed by atoms with Gasteiger partial charge < -0.3 is 4.90 Å². The zero-order chi connectivity index (χ0) is 22.7. The maximum Gasteiger partial charge on any atom is 0.257 e. The third kappa shape index (κ3) is 4.16. The number of imide groups is 1. The Morgan fingerprint density at radius 1 is 1.00 bits per heavy atom. The van der Waals surface area contributed by atoms with Gasteiger partial charge in [0, 0.05) is 11.6 Å². The van der Waals surface area contributed by atoms with Gasteiger partial charge >= 0.3 is 0 Å². The Hall–Kier alpha value is -3.46. The largest absolute Gasteiger partial charge is 0.323 e. The number of anilines is 1. The summed E-state index contributed by atoms with van der Waals surface area (Å²) < 4.78 is 0. The molecule has 0 aromatic heterocycles. The van der Waals surface area contributed by atoms with Crippen LogP contribution in [0.5, 0.6) is 0 Å². The number of carbonyl (C=O) groups is 3. The van der Waals surface area contributed by atoms with Gasteiger partial charge in [-0.3, -0.25) is 14.4 Å². The predicted molar refractivity (Wildman–Crippen MR) is 121 cm³/mol. The number of nitriles is 1. The lowest BCUT2D eigenvalue weighted by atomic mass is 10.00. The third-order valence-electron chi connectivity index (χ3n) is 6.54. The summed E-state index contributed by atoms with van der Waals surface area (Å²) >= 11 is 0. The van der Waals surface area contributed by atoms with E-state index in [1.807, 2.05) is 31.2 Å². The number of benzene rings is 2. The number of hydrogen-bond donors (Lipinski definition) is 0. The van der Waals surface area contributed by atoms with Crippen LogP contribution in [0.1, 0.15) is 66.4 Å². The average molecular weight is 430 g/mol. The fourth-order valence-corrected chi connectivity index (χ4v) is 4.84. The summed E-state index contributed by atoms with van der Waals surface area (Å²) in [6.45, 7) is 1.89. The van der Waals surface area contributed by atoms with Crippen LogP contribution in [0, 0.1) is 18.3 Å². The molecule has 2 aromatic carbocycles. The van der Waals surface area contributed by atoms with Crippen molar-refractivity contribution in [1.82, 2.24) is 4.90 Å². The van der Waals surface area contributed by atoms with Gasteiger partial charge in [-0.05, 0) is 55.7 Å². The molecule has 0 bridgehead atoms. The topological polar surface area (TPSA) is 81.5 Å². The Balaban J connectivity index is 1.69. The summed E-state index contributed by atoms with van der Waals surface area (Å²) in [4.78, 5) is 43.1. The van der Waals surface area contributed by atoms with Gasteiger partial charge in [0.2, 0.25) is 5.91 Å². The van der Waals surface area contributed by atoms with Crippen molar-refractivity contribution < 1.29 is 14.4 Å². The van der Waals surface area contributed by atoms with Crippen molar-refractivity contribution in [1.29, 1.82) is 5.26 Å². The van der Waals surface area contributed by atoms with Crippen LogP contribution in [0.2, 0.25) is 0 Å². The summed E-state index contributed by atoms with van der Waals surface area (Å²) in [6, 6.07) is 15.0. The highest BCUT2D eigenvalue weighted by Crippen LogP contribution is 2.32. The predicted octanol–water partition coefficient (Wildman–Crippen LogP) is 4.36. The van der Waals surface area contributed by atoms with Gasteiger partial charge in [0.1, 0.15) is 6.04 Å². The van der Waals surface area contributed by atoms with Gasteiger partial charge in [-0.2, -0.15) is 5.26 Å². The van der Waals surface area contributed by atoms with E-state index in [0.29, 0.717) is 16.8 Å². The highest BCUT2D eigenvalue weighted by molar-refractivity contribution is 6.23. The van der Waals surface area contributed by atoms with Gasteiger partial charge in [0.25, 0.3) is 11.8 Å². The number of amides is 3. The van der Waals surface area contributed by atoms with E-state index >= 15 is 0 Å². The van der Waals surface area contributed by atoms with Crippen LogP contribution in [-0.4, -0.2) is 34.7 Å². The number of hydrogen-bond acceptors (Lipinski definition) is 4. The molecule has 0 N–H and O–H groups in total. The third-order valence-corrected chi connectivity index (χ3v) is 6.54. The zero-order valence-electron chi connectivity index (χ0n) is 18.3. The molecule has 1 aliphatic heterocycles. The molecule has 6 heteroatoms. The number of rotatable bonds is 4. The second-order valence-electron chi connectivity index (χ2n) is 8.62. The number of nitrogens with zero attached hydrogens (tertiary/aromatic N) is 3. The summed E-state index contributed by atoms with van der Waals surface area (Å²) in [7, 11) is 0. The van der Waals surface area contributed by atoms with Gasteiger partial charge in [-0.1, -0.05) is 43.9 Å². The van der Waals surface area contributed by atoms with E-state index in [2.05, 4.69) is 0 Å². The average Bonchev–Trinajstić information content (AvgIpc) is 2.97. The van der Waals surface area contributed by atoms with E-state index in [-0.39, 0.29) is 30.2 Å². The molecule has 2 fully saturated rings. The maximum absolute atomic E-state index is 13.8. The van der Waals surface area contributed by atoms with Crippen LogP contribution in [-0.2, 0) is 9.59 Å². The van der Waals surface area contributed by atoms with Gasteiger partial charge in [-0.15, -0.1) is 0 Å². The summed E-state index contributed by atoms with van der Waals surface area (Å²) in [5.74, 6) is -0.866. The molecule has 1 heterocycles. The minimum absolute atomic E-state index is 0.0209. The van der Waals surface area contributed by atoms with E-state index in [1.165, 1.54) is 4.90 Å². The lowest BCUT2D eigenvalue weighted by molar-refractivity contribution is -0.123. The van der Waals surface area contributed by atoms with Crippen molar-refractivity contribution in [3.8, 4) is 6.07 Å². The molecule has 2 aromatic rings. The van der Waals surface area contributed by atoms with Crippen LogP contribution in [0.15, 0.2) is 48.5 Å². The summed E-state index contributed by atoms with van der Waals surface area (Å²) in [6.07, 6.45) is 5.92. The summed E-state index contributed by atoms with van der Waals surface area (Å²) in [5.41, 5.74) is 2.33. The molecular formula is C26H27N3O3. The first-order chi connectivity index (χ1) is 15.5. The molecule has 164 valence electrons. The van der Waals surface area contributed by atoms with Gasteiger partial charge in [0.15, 0.2) is 0 Å². The highest BCUT2D eigenvalue weighted by atomic mass is 16.2. The number of carbonyl (C=O) groups excluding carboxylic acids is 3. The molecule has 4 rings (SSSR count). The zero-order valence-corrected chi connectivity index (χ0v) is 18.3. The molecule has 0 radical (unpaired) electrons. The highest BCUT2D eigenvalue weighted by Gasteiger charge is 2.46. The Morgan fingerprint density at radius 2 is 1.66 bits per heavy atom. The summed E-state index contributed by atoms with van der Waals surface area (Å²) in [5, 5.41) is 9.03. The first kappa shape index (κ1) is 21.8. The monoisotopic (exact) mass is 429 g/mol. The van der Waals surface area contributed by atoms with Crippen molar-refractivity contribution in [2.45, 2.75) is 64.0 Å². The first-order valence-electron chi connectivity index (χ1n) is 11.3. The molecule has 6 nitrogen and oxygen atoms in total. The van der Waals surface area contributed by atoms with E-state index in [0.717, 1.165) is 44.1 Å². The lowest BCUT2D eigenvalue weighted by Gasteiger charge is -2.35. The van der Waals surface area contributed by atoms with Crippen molar-refractivity contribution >= 4 is 23.4 Å². The Bertz CT molecular complexity index is 1060. The second kappa shape index (κ2) is 9.35. The van der Waals surface area contributed by atoms with Crippen LogP contribution in [0.4, 0.5) is 5.69 Å². The molecular weight excluding hydrogens is 402 g/mol. The van der Waals surface area contributed by atoms with E-state index in [1.54, 1.807) is 35.2 Å². The molecule has 3 amide bonds. The minimum Gasteiger partial charge on any atom is -0.323 e. The van der Waals surface area contributed by atoms with Crippen molar-refractivity contribution in [3.05, 3.63) is 65.2 Å². The van der Waals surface area contributed by atoms with Gasteiger partial charge in [0.05, 0.1) is 23.7 Å². The molecule has 2 aliphatic rings. The minimum atomic E-state index is -0.812. The van der Waals surface area contributed by atoms with Crippen molar-refractivity contribution in [2.75, 3.05) is 4.90 Å². The fraction of sp³-hybridized carbons (Fsp3) is 0.385. The van der Waals surface area contributed by atoms with Crippen molar-refractivity contribution in [3.63, 3.8) is 0 Å². The fourth-order valence-electron chi connectivity index (χ4n) is 4.84. The Labute approximate surface area is 188 Å². The van der Waals surface area contributed by atoms with Crippen LogP contribution in [0.25, 0.3) is 0 Å². The van der Waals surface area contributed by atoms with E-state index in [9.17, 15) is 14.4 Å². The molecule has 1 atom stereocenters. The molecule has 0 spiro atoms. The van der Waals surface area contributed by atoms with Crippen LogP contribution < -0.4 is 4.90 Å². The quantitative estimate of drug-likeness (QED) is 0.534. The van der Waals surface area contributed by atoms with Crippen molar-refractivity contribution in [2.24, 2.45) is 0 Å². The first-order valence-corrected chi connectivity index (χ1v) is 11.3. The molecule has 1 saturated carbocycles. The van der Waals surface area contributed by atoms with Crippen LogP contribution in [0.3, 0.4) is 0 Å². The van der Waals surface area contributed by atoms with E-state index < -0.39 is 6.04 Å². The molecule has 1 aliphatic carbocycles. The normalized spacial score (nSPS) is 19.5. The maximum atomic E-state index is 13.8. The molecule has 32 heavy (non-hydrogen) atoms. The van der Waals surface area contributed by atoms with E-state index in [4.69, 9.17) is 5.26 Å².